The van der Waals surface area contributed by atoms with Crippen LogP contribution in [0.2, 0.25) is 0 Å². The Morgan fingerprint density at radius 1 is 1.69 bits per heavy atom. The third-order valence-electron chi connectivity index (χ3n) is 2.84. The van der Waals surface area contributed by atoms with Gasteiger partial charge in [-0.05, 0) is 20.3 Å². The van der Waals surface area contributed by atoms with E-state index in [9.17, 15) is 0 Å². The maximum absolute atomic E-state index is 9.17. The van der Waals surface area contributed by atoms with Crippen LogP contribution in [0, 0.1) is 0 Å². The third kappa shape index (κ3) is 2.64. The molecule has 1 aliphatic rings. The lowest BCUT2D eigenvalue weighted by molar-refractivity contribution is 0.0640. The van der Waals surface area contributed by atoms with Crippen molar-refractivity contribution in [2.75, 3.05) is 19.8 Å². The Bertz CT molecular complexity index is 165. The van der Waals surface area contributed by atoms with E-state index >= 15 is 0 Å². The molecule has 13 heavy (non-hydrogen) atoms. The van der Waals surface area contributed by atoms with E-state index in [2.05, 4.69) is 12.2 Å². The Hall–Kier alpha value is -0.160. The molecule has 1 fully saturated rings. The smallest absolute Gasteiger partial charge is 0.0895 e. The average molecular weight is 189 g/mol. The van der Waals surface area contributed by atoms with Gasteiger partial charge in [0.25, 0.3) is 0 Å². The van der Waals surface area contributed by atoms with Crippen LogP contribution in [0.1, 0.15) is 20.3 Å². The van der Waals surface area contributed by atoms with Crippen molar-refractivity contribution in [3.05, 3.63) is 0 Å². The molecule has 1 aliphatic heterocycles. The van der Waals surface area contributed by atoms with Crippen molar-refractivity contribution >= 4 is 0 Å². The summed E-state index contributed by atoms with van der Waals surface area (Å²) in [6.45, 7) is 5.08. The number of ether oxygens (including phenoxy) is 1. The lowest BCUT2D eigenvalue weighted by Gasteiger charge is -2.29. The van der Waals surface area contributed by atoms with Gasteiger partial charge >= 0.3 is 0 Å². The monoisotopic (exact) mass is 189 g/mol. The first kappa shape index (κ1) is 10.9. The van der Waals surface area contributed by atoms with Crippen LogP contribution < -0.4 is 5.32 Å². The molecule has 0 aliphatic carbocycles. The number of rotatable bonds is 4. The molecule has 1 saturated heterocycles. The van der Waals surface area contributed by atoms with Crippen LogP contribution in [0.4, 0.5) is 0 Å². The minimum atomic E-state index is -0.676. The molecular weight excluding hydrogens is 170 g/mol. The molecule has 0 bridgehead atoms. The fourth-order valence-electron chi connectivity index (χ4n) is 1.48. The summed E-state index contributed by atoms with van der Waals surface area (Å²) in [5, 5.41) is 21.0. The van der Waals surface area contributed by atoms with Crippen molar-refractivity contribution in [2.45, 2.75) is 38.0 Å². The second-order valence-electron chi connectivity index (χ2n) is 3.90. The minimum absolute atomic E-state index is 0.0594. The van der Waals surface area contributed by atoms with E-state index in [0.717, 1.165) is 13.0 Å². The molecule has 3 unspecified atom stereocenters. The largest absolute Gasteiger partial charge is 0.394 e. The minimum Gasteiger partial charge on any atom is -0.394 e. The van der Waals surface area contributed by atoms with E-state index in [-0.39, 0.29) is 18.2 Å². The molecule has 0 radical (unpaired) electrons. The second kappa shape index (κ2) is 4.37. The van der Waals surface area contributed by atoms with Gasteiger partial charge in [0, 0.05) is 18.7 Å². The van der Waals surface area contributed by atoms with E-state index in [4.69, 9.17) is 14.9 Å². The molecule has 78 valence electrons. The summed E-state index contributed by atoms with van der Waals surface area (Å²) in [5.41, 5.74) is -0.0594. The zero-order valence-corrected chi connectivity index (χ0v) is 8.29. The number of aliphatic hydroxyl groups excluding tert-OH is 2. The molecular formula is C9H19NO3. The number of hydrogen-bond donors (Lipinski definition) is 3. The maximum Gasteiger partial charge on any atom is 0.0895 e. The van der Waals surface area contributed by atoms with Crippen LogP contribution in [-0.4, -0.2) is 47.7 Å². The summed E-state index contributed by atoms with van der Waals surface area (Å²) in [6, 6.07) is 0. The van der Waals surface area contributed by atoms with Gasteiger partial charge in [0.15, 0.2) is 0 Å². The Morgan fingerprint density at radius 3 is 2.85 bits per heavy atom. The number of aliphatic hydroxyl groups is 2. The zero-order valence-electron chi connectivity index (χ0n) is 8.29. The van der Waals surface area contributed by atoms with Gasteiger partial charge in [-0.3, -0.25) is 0 Å². The summed E-state index contributed by atoms with van der Waals surface area (Å²) < 4.78 is 5.43. The van der Waals surface area contributed by atoms with Crippen LogP contribution in [0.25, 0.3) is 0 Å². The summed E-state index contributed by atoms with van der Waals surface area (Å²) in [5.74, 6) is 0. The summed E-state index contributed by atoms with van der Waals surface area (Å²) in [6.07, 6.45) is 0.440. The van der Waals surface area contributed by atoms with Gasteiger partial charge < -0.3 is 20.3 Å². The Morgan fingerprint density at radius 2 is 2.38 bits per heavy atom. The fraction of sp³-hybridized carbons (Fsp3) is 1.00. The first-order valence-electron chi connectivity index (χ1n) is 4.74. The topological polar surface area (TPSA) is 61.7 Å². The van der Waals surface area contributed by atoms with Gasteiger partial charge in [0.1, 0.15) is 0 Å². The average Bonchev–Trinajstić information content (AvgIpc) is 2.44. The molecule has 3 atom stereocenters. The van der Waals surface area contributed by atoms with Gasteiger partial charge in [-0.25, -0.2) is 0 Å². The number of hydrogen-bond acceptors (Lipinski definition) is 4. The Balaban J connectivity index is 2.34. The number of β-amino-alcohol motifs (C(OH)–C–C–N with tert-alkyl or cyclic N) is 1. The molecule has 4 heteroatoms. The zero-order chi connectivity index (χ0) is 9.90. The summed E-state index contributed by atoms with van der Waals surface area (Å²) in [4.78, 5) is 0. The lowest BCUT2D eigenvalue weighted by Crippen LogP contribution is -2.50. The van der Waals surface area contributed by atoms with E-state index in [0.29, 0.717) is 6.54 Å². The molecule has 0 aromatic heterocycles. The lowest BCUT2D eigenvalue weighted by atomic mass is 9.94. The molecule has 0 spiro atoms. The Labute approximate surface area is 78.9 Å². The summed E-state index contributed by atoms with van der Waals surface area (Å²) in [7, 11) is 0. The van der Waals surface area contributed by atoms with Crippen molar-refractivity contribution in [3.8, 4) is 0 Å². The first-order chi connectivity index (χ1) is 6.08. The standard InChI is InChI=1S/C9H19NO3/c1-7-9(2,3-4-13-7)10-5-8(12)6-11/h7-8,10-12H,3-6H2,1-2H3. The normalized spacial score (nSPS) is 36.5. The second-order valence-corrected chi connectivity index (χ2v) is 3.90. The highest BCUT2D eigenvalue weighted by Crippen LogP contribution is 2.24. The van der Waals surface area contributed by atoms with Gasteiger partial charge in [0.2, 0.25) is 0 Å². The van der Waals surface area contributed by atoms with E-state index in [1.54, 1.807) is 0 Å². The van der Waals surface area contributed by atoms with Crippen LogP contribution >= 0.6 is 0 Å². The van der Waals surface area contributed by atoms with Crippen molar-refractivity contribution in [2.24, 2.45) is 0 Å². The molecule has 0 aromatic rings. The van der Waals surface area contributed by atoms with Gasteiger partial charge in [-0.2, -0.15) is 0 Å². The molecule has 1 rings (SSSR count). The predicted molar refractivity (Wildman–Crippen MR) is 49.5 cm³/mol. The van der Waals surface area contributed by atoms with Gasteiger partial charge in [-0.1, -0.05) is 0 Å². The van der Waals surface area contributed by atoms with Gasteiger partial charge in [0.05, 0.1) is 18.8 Å². The van der Waals surface area contributed by atoms with Crippen molar-refractivity contribution in [3.63, 3.8) is 0 Å². The highest BCUT2D eigenvalue weighted by Gasteiger charge is 2.36. The highest BCUT2D eigenvalue weighted by atomic mass is 16.5. The van der Waals surface area contributed by atoms with Crippen LogP contribution in [-0.2, 0) is 4.74 Å². The molecule has 3 N–H and O–H groups in total. The molecule has 0 amide bonds. The molecule has 4 nitrogen and oxygen atoms in total. The fourth-order valence-corrected chi connectivity index (χ4v) is 1.48. The van der Waals surface area contributed by atoms with E-state index < -0.39 is 6.10 Å². The molecule has 0 saturated carbocycles. The predicted octanol–water partition coefficient (Wildman–Crippen LogP) is -0.503. The number of nitrogens with one attached hydrogen (secondary N) is 1. The van der Waals surface area contributed by atoms with E-state index in [1.807, 2.05) is 6.92 Å². The first-order valence-corrected chi connectivity index (χ1v) is 4.74. The van der Waals surface area contributed by atoms with Crippen molar-refractivity contribution < 1.29 is 14.9 Å². The highest BCUT2D eigenvalue weighted by molar-refractivity contribution is 4.93. The van der Waals surface area contributed by atoms with Crippen molar-refractivity contribution in [1.29, 1.82) is 0 Å². The summed E-state index contributed by atoms with van der Waals surface area (Å²) >= 11 is 0. The molecule has 1 heterocycles. The molecule has 0 aromatic carbocycles. The van der Waals surface area contributed by atoms with Crippen LogP contribution in [0.5, 0.6) is 0 Å². The van der Waals surface area contributed by atoms with Crippen molar-refractivity contribution in [1.82, 2.24) is 5.32 Å². The van der Waals surface area contributed by atoms with Crippen LogP contribution in [0.3, 0.4) is 0 Å². The van der Waals surface area contributed by atoms with E-state index in [1.165, 1.54) is 0 Å². The van der Waals surface area contributed by atoms with Crippen LogP contribution in [0.15, 0.2) is 0 Å². The third-order valence-corrected chi connectivity index (χ3v) is 2.84. The van der Waals surface area contributed by atoms with Gasteiger partial charge in [-0.15, -0.1) is 0 Å². The Kier molecular flexibility index (Phi) is 3.67. The maximum atomic E-state index is 9.17. The SMILES string of the molecule is CC1OCCC1(C)NCC(O)CO. The quantitative estimate of drug-likeness (QED) is 0.558.